The number of carbonyl (C=O) groups excluding carboxylic acids is 2. The third kappa shape index (κ3) is 5.88. The number of carbonyl (C=O) groups is 2. The zero-order chi connectivity index (χ0) is 19.1. The van der Waals surface area contributed by atoms with Gasteiger partial charge in [-0.15, -0.1) is 0 Å². The minimum Gasteiger partial charge on any atom is -0.479 e. The minimum absolute atomic E-state index is 0.00475. The summed E-state index contributed by atoms with van der Waals surface area (Å²) in [6.45, 7) is 5.45. The van der Waals surface area contributed by atoms with Gasteiger partial charge in [0, 0.05) is 17.0 Å². The molecule has 0 aromatic heterocycles. The number of hydrogen-bond acceptors (Lipinski definition) is 4. The summed E-state index contributed by atoms with van der Waals surface area (Å²) < 4.78 is 10.9. The SMILES string of the molecule is CCC(Oc1ccc(C(=O)Cc2ccc(Cl)cc2)cc1)C(=O)OC(C)C. The average molecular weight is 375 g/mol. The van der Waals surface area contributed by atoms with Crippen LogP contribution in [0.3, 0.4) is 0 Å². The maximum absolute atomic E-state index is 12.4. The normalized spacial score (nSPS) is 11.9. The molecular formula is C21H23ClO4. The fourth-order valence-corrected chi connectivity index (χ4v) is 2.51. The van der Waals surface area contributed by atoms with Crippen LogP contribution in [0.25, 0.3) is 0 Å². The number of esters is 1. The average Bonchev–Trinajstić information content (AvgIpc) is 2.61. The van der Waals surface area contributed by atoms with Crippen molar-refractivity contribution in [3.05, 3.63) is 64.7 Å². The first-order chi connectivity index (χ1) is 12.4. The van der Waals surface area contributed by atoms with Crippen LogP contribution in [-0.2, 0) is 16.0 Å². The Bertz CT molecular complexity index is 736. The van der Waals surface area contributed by atoms with E-state index in [9.17, 15) is 9.59 Å². The third-order valence-corrected chi connectivity index (χ3v) is 3.97. The second-order valence-electron chi connectivity index (χ2n) is 6.25. The van der Waals surface area contributed by atoms with E-state index in [1.807, 2.05) is 19.1 Å². The molecule has 0 aliphatic rings. The van der Waals surface area contributed by atoms with Crippen LogP contribution in [0.1, 0.15) is 43.1 Å². The van der Waals surface area contributed by atoms with Gasteiger partial charge in [-0.25, -0.2) is 4.79 Å². The van der Waals surface area contributed by atoms with Gasteiger partial charge < -0.3 is 9.47 Å². The zero-order valence-electron chi connectivity index (χ0n) is 15.2. The Hall–Kier alpha value is -2.33. The van der Waals surface area contributed by atoms with Crippen molar-refractivity contribution in [2.45, 2.75) is 45.8 Å². The Kier molecular flexibility index (Phi) is 7.22. The summed E-state index contributed by atoms with van der Waals surface area (Å²) in [7, 11) is 0. The second-order valence-corrected chi connectivity index (χ2v) is 6.69. The highest BCUT2D eigenvalue weighted by molar-refractivity contribution is 6.30. The number of hydrogen-bond donors (Lipinski definition) is 0. The molecule has 0 radical (unpaired) electrons. The smallest absolute Gasteiger partial charge is 0.347 e. The summed E-state index contributed by atoms with van der Waals surface area (Å²) in [5.41, 5.74) is 1.49. The molecule has 1 atom stereocenters. The van der Waals surface area contributed by atoms with Crippen LogP contribution < -0.4 is 4.74 Å². The lowest BCUT2D eigenvalue weighted by Crippen LogP contribution is -2.30. The number of Topliss-reactive ketones (excluding diaryl/α,β-unsaturated/α-hetero) is 1. The molecule has 0 N–H and O–H groups in total. The molecule has 4 nitrogen and oxygen atoms in total. The Morgan fingerprint density at radius 3 is 2.15 bits per heavy atom. The van der Waals surface area contributed by atoms with Crippen LogP contribution in [0.4, 0.5) is 0 Å². The number of benzene rings is 2. The Balaban J connectivity index is 1.99. The number of ketones is 1. The van der Waals surface area contributed by atoms with E-state index >= 15 is 0 Å². The van der Waals surface area contributed by atoms with Gasteiger partial charge in [-0.1, -0.05) is 30.7 Å². The minimum atomic E-state index is -0.659. The van der Waals surface area contributed by atoms with Gasteiger partial charge in [0.2, 0.25) is 0 Å². The van der Waals surface area contributed by atoms with Gasteiger partial charge in [0.15, 0.2) is 11.9 Å². The molecule has 2 rings (SSSR count). The van der Waals surface area contributed by atoms with E-state index in [1.165, 1.54) is 0 Å². The zero-order valence-corrected chi connectivity index (χ0v) is 16.0. The van der Waals surface area contributed by atoms with Gasteiger partial charge in [-0.05, 0) is 62.2 Å². The highest BCUT2D eigenvalue weighted by atomic mass is 35.5. The molecule has 2 aromatic carbocycles. The molecule has 1 unspecified atom stereocenters. The highest BCUT2D eigenvalue weighted by Gasteiger charge is 2.21. The standard InChI is InChI=1S/C21H23ClO4/c1-4-20(21(24)25-14(2)3)26-18-11-7-16(8-12-18)19(23)13-15-5-9-17(22)10-6-15/h5-12,14,20H,4,13H2,1-3H3. The molecule has 0 fully saturated rings. The molecule has 26 heavy (non-hydrogen) atoms. The molecule has 0 heterocycles. The number of ether oxygens (including phenoxy) is 2. The van der Waals surface area contributed by atoms with Crippen molar-refractivity contribution in [1.29, 1.82) is 0 Å². The number of rotatable bonds is 8. The lowest BCUT2D eigenvalue weighted by atomic mass is 10.0. The van der Waals surface area contributed by atoms with E-state index in [0.717, 1.165) is 5.56 Å². The first-order valence-corrected chi connectivity index (χ1v) is 9.01. The topological polar surface area (TPSA) is 52.6 Å². The van der Waals surface area contributed by atoms with Crippen LogP contribution in [0.15, 0.2) is 48.5 Å². The van der Waals surface area contributed by atoms with Crippen molar-refractivity contribution >= 4 is 23.4 Å². The van der Waals surface area contributed by atoms with E-state index in [1.54, 1.807) is 50.2 Å². The van der Waals surface area contributed by atoms with Crippen LogP contribution in [0, 0.1) is 0 Å². The van der Waals surface area contributed by atoms with Gasteiger partial charge in [0.05, 0.1) is 6.10 Å². The van der Waals surface area contributed by atoms with Crippen molar-refractivity contribution in [2.75, 3.05) is 0 Å². The predicted molar refractivity (Wildman–Crippen MR) is 102 cm³/mol. The summed E-state index contributed by atoms with van der Waals surface area (Å²) in [4.78, 5) is 24.4. The van der Waals surface area contributed by atoms with Crippen molar-refractivity contribution in [2.24, 2.45) is 0 Å². The molecule has 0 aliphatic heterocycles. The van der Waals surface area contributed by atoms with Crippen LogP contribution >= 0.6 is 11.6 Å². The summed E-state index contributed by atoms with van der Waals surface area (Å²) in [5.74, 6) is 0.149. The van der Waals surface area contributed by atoms with E-state index in [2.05, 4.69) is 0 Å². The van der Waals surface area contributed by atoms with Crippen LogP contribution in [-0.4, -0.2) is 24.0 Å². The lowest BCUT2D eigenvalue weighted by molar-refractivity contribution is -0.155. The molecule has 5 heteroatoms. The van der Waals surface area contributed by atoms with E-state index in [0.29, 0.717) is 29.2 Å². The van der Waals surface area contributed by atoms with E-state index < -0.39 is 6.10 Å². The molecule has 2 aromatic rings. The summed E-state index contributed by atoms with van der Waals surface area (Å²) in [6.07, 6.45) is -0.0422. The van der Waals surface area contributed by atoms with Crippen molar-refractivity contribution in [1.82, 2.24) is 0 Å². The van der Waals surface area contributed by atoms with Gasteiger partial charge in [-0.2, -0.15) is 0 Å². The van der Waals surface area contributed by atoms with Crippen molar-refractivity contribution in [3.8, 4) is 5.75 Å². The Morgan fingerprint density at radius 1 is 1.00 bits per heavy atom. The van der Waals surface area contributed by atoms with Gasteiger partial charge in [0.1, 0.15) is 5.75 Å². The first kappa shape index (κ1) is 20.0. The van der Waals surface area contributed by atoms with E-state index in [-0.39, 0.29) is 17.9 Å². The monoisotopic (exact) mass is 374 g/mol. The molecule has 0 bridgehead atoms. The van der Waals surface area contributed by atoms with Gasteiger partial charge in [-0.3, -0.25) is 4.79 Å². The lowest BCUT2D eigenvalue weighted by Gasteiger charge is -2.18. The molecule has 0 spiro atoms. The maximum Gasteiger partial charge on any atom is 0.347 e. The Morgan fingerprint density at radius 2 is 1.62 bits per heavy atom. The largest absolute Gasteiger partial charge is 0.479 e. The van der Waals surface area contributed by atoms with Gasteiger partial charge >= 0.3 is 5.97 Å². The van der Waals surface area contributed by atoms with E-state index in [4.69, 9.17) is 21.1 Å². The number of halogens is 1. The Labute approximate surface area is 159 Å². The second kappa shape index (κ2) is 9.39. The molecule has 0 saturated heterocycles. The van der Waals surface area contributed by atoms with Crippen LogP contribution in [0.2, 0.25) is 5.02 Å². The maximum atomic E-state index is 12.4. The van der Waals surface area contributed by atoms with Crippen LogP contribution in [0.5, 0.6) is 5.75 Å². The third-order valence-electron chi connectivity index (χ3n) is 3.72. The quantitative estimate of drug-likeness (QED) is 0.488. The van der Waals surface area contributed by atoms with Gasteiger partial charge in [0.25, 0.3) is 0 Å². The van der Waals surface area contributed by atoms with Crippen molar-refractivity contribution < 1.29 is 19.1 Å². The summed E-state index contributed by atoms with van der Waals surface area (Å²) in [6, 6.07) is 14.0. The van der Waals surface area contributed by atoms with Crippen molar-refractivity contribution in [3.63, 3.8) is 0 Å². The predicted octanol–water partition coefficient (Wildman–Crippen LogP) is 4.87. The molecule has 138 valence electrons. The highest BCUT2D eigenvalue weighted by Crippen LogP contribution is 2.18. The molecular weight excluding hydrogens is 352 g/mol. The fraction of sp³-hybridized carbons (Fsp3) is 0.333. The molecule has 0 amide bonds. The molecule has 0 saturated carbocycles. The first-order valence-electron chi connectivity index (χ1n) is 8.64. The molecule has 0 aliphatic carbocycles. The summed E-state index contributed by atoms with van der Waals surface area (Å²) in [5, 5.41) is 0.643. The fourth-order valence-electron chi connectivity index (χ4n) is 2.38. The summed E-state index contributed by atoms with van der Waals surface area (Å²) >= 11 is 5.85.